The van der Waals surface area contributed by atoms with Gasteiger partial charge in [-0.05, 0) is 30.1 Å². The zero-order valence-corrected chi connectivity index (χ0v) is 9.00. The molecule has 0 amide bonds. The molecule has 3 heteroatoms. The smallest absolute Gasteiger partial charge is 0.310 e. The van der Waals surface area contributed by atoms with Crippen LogP contribution in [-0.2, 0) is 4.79 Å². The normalized spacial score (nSPS) is 49.6. The second kappa shape index (κ2) is 2.32. The molecule has 2 fully saturated rings. The molecule has 0 saturated heterocycles. The van der Waals surface area contributed by atoms with Gasteiger partial charge in [0, 0.05) is 0 Å². The molecule has 2 saturated carbocycles. The molecule has 2 rings (SSSR count). The summed E-state index contributed by atoms with van der Waals surface area (Å²) in [5.41, 5.74) is -1.21. The van der Waals surface area contributed by atoms with Crippen LogP contribution in [0.15, 0.2) is 0 Å². The van der Waals surface area contributed by atoms with Crippen molar-refractivity contribution in [3.63, 3.8) is 0 Å². The monoisotopic (exact) mass is 198 g/mol. The number of hydrogen-bond donors (Lipinski definition) is 2. The van der Waals surface area contributed by atoms with Crippen molar-refractivity contribution in [1.29, 1.82) is 0 Å². The topological polar surface area (TPSA) is 57.5 Å². The summed E-state index contributed by atoms with van der Waals surface area (Å²) in [5.74, 6) is -0.734. The van der Waals surface area contributed by atoms with Crippen LogP contribution in [0.3, 0.4) is 0 Å². The third kappa shape index (κ3) is 0.724. The van der Waals surface area contributed by atoms with Crippen LogP contribution in [0.2, 0.25) is 0 Å². The summed E-state index contributed by atoms with van der Waals surface area (Å²) in [4.78, 5) is 11.4. The van der Waals surface area contributed by atoms with Crippen molar-refractivity contribution in [2.24, 2.45) is 16.2 Å². The van der Waals surface area contributed by atoms with Gasteiger partial charge in [0.05, 0.1) is 11.5 Å². The molecule has 0 spiro atoms. The number of fused-ring (bicyclic) bond motifs is 2. The van der Waals surface area contributed by atoms with Gasteiger partial charge in [0.25, 0.3) is 0 Å². The Balaban J connectivity index is 2.54. The molecule has 0 unspecified atom stereocenters. The lowest BCUT2D eigenvalue weighted by Crippen LogP contribution is -2.40. The summed E-state index contributed by atoms with van der Waals surface area (Å²) in [5, 5.41) is 19.3. The first-order valence-electron chi connectivity index (χ1n) is 5.19. The van der Waals surface area contributed by atoms with Crippen LogP contribution in [0.1, 0.15) is 40.0 Å². The first-order chi connectivity index (χ1) is 6.28. The van der Waals surface area contributed by atoms with E-state index < -0.39 is 17.5 Å². The molecule has 0 radical (unpaired) electrons. The van der Waals surface area contributed by atoms with Crippen LogP contribution in [0.4, 0.5) is 0 Å². The van der Waals surface area contributed by atoms with Crippen molar-refractivity contribution >= 4 is 5.97 Å². The van der Waals surface area contributed by atoms with Gasteiger partial charge in [-0.25, -0.2) is 0 Å². The SMILES string of the molecule is CC1(C)[C@]2(C(=O)O)CC[C@]1(C)[C@@H](O)C2. The van der Waals surface area contributed by atoms with Gasteiger partial charge in [-0.3, -0.25) is 4.79 Å². The van der Waals surface area contributed by atoms with E-state index in [1.165, 1.54) is 0 Å². The van der Waals surface area contributed by atoms with Crippen LogP contribution in [0.25, 0.3) is 0 Å². The highest BCUT2D eigenvalue weighted by Crippen LogP contribution is 2.72. The summed E-state index contributed by atoms with van der Waals surface area (Å²) in [6.45, 7) is 6.00. The summed E-state index contributed by atoms with van der Waals surface area (Å²) in [7, 11) is 0. The van der Waals surface area contributed by atoms with E-state index in [0.717, 1.165) is 6.42 Å². The number of carbonyl (C=O) groups is 1. The van der Waals surface area contributed by atoms with E-state index in [4.69, 9.17) is 0 Å². The van der Waals surface area contributed by atoms with Gasteiger partial charge in [0.1, 0.15) is 0 Å². The lowest BCUT2D eigenvalue weighted by molar-refractivity contribution is -0.154. The number of aliphatic hydroxyl groups is 1. The van der Waals surface area contributed by atoms with Crippen LogP contribution in [0, 0.1) is 16.2 Å². The van der Waals surface area contributed by atoms with Gasteiger partial charge in [0.2, 0.25) is 0 Å². The van der Waals surface area contributed by atoms with Crippen LogP contribution in [0.5, 0.6) is 0 Å². The molecule has 14 heavy (non-hydrogen) atoms. The molecule has 0 aromatic heterocycles. The number of carboxylic acid groups (broad SMARTS) is 1. The van der Waals surface area contributed by atoms with Crippen LogP contribution in [-0.4, -0.2) is 22.3 Å². The van der Waals surface area contributed by atoms with Crippen molar-refractivity contribution in [1.82, 2.24) is 0 Å². The van der Waals surface area contributed by atoms with E-state index in [2.05, 4.69) is 0 Å². The number of hydrogen-bond acceptors (Lipinski definition) is 2. The van der Waals surface area contributed by atoms with E-state index in [-0.39, 0.29) is 10.8 Å². The van der Waals surface area contributed by atoms with E-state index in [0.29, 0.717) is 12.8 Å². The summed E-state index contributed by atoms with van der Waals surface area (Å²) in [6, 6.07) is 0. The maximum absolute atomic E-state index is 11.4. The van der Waals surface area contributed by atoms with Gasteiger partial charge < -0.3 is 10.2 Å². The second-order valence-electron chi connectivity index (χ2n) is 5.65. The average molecular weight is 198 g/mol. The second-order valence-corrected chi connectivity index (χ2v) is 5.65. The van der Waals surface area contributed by atoms with Gasteiger partial charge in [0.15, 0.2) is 0 Å². The predicted molar refractivity (Wildman–Crippen MR) is 51.8 cm³/mol. The predicted octanol–water partition coefficient (Wildman–Crippen LogP) is 1.65. The van der Waals surface area contributed by atoms with Crippen molar-refractivity contribution < 1.29 is 15.0 Å². The summed E-state index contributed by atoms with van der Waals surface area (Å²) >= 11 is 0. The third-order valence-corrected chi connectivity index (χ3v) is 5.38. The molecule has 3 atom stereocenters. The zero-order valence-electron chi connectivity index (χ0n) is 9.00. The molecule has 2 N–H and O–H groups in total. The van der Waals surface area contributed by atoms with Gasteiger partial charge in [-0.1, -0.05) is 20.8 Å². The molecule has 0 aromatic carbocycles. The highest BCUT2D eigenvalue weighted by atomic mass is 16.4. The largest absolute Gasteiger partial charge is 0.481 e. The average Bonchev–Trinajstić information content (AvgIpc) is 2.34. The zero-order chi connectivity index (χ0) is 10.8. The molecular formula is C11H18O3. The molecule has 0 aromatic rings. The van der Waals surface area contributed by atoms with E-state index in [1.807, 2.05) is 20.8 Å². The fraction of sp³-hybridized carbons (Fsp3) is 0.909. The maximum atomic E-state index is 11.4. The summed E-state index contributed by atoms with van der Waals surface area (Å²) < 4.78 is 0. The lowest BCUT2D eigenvalue weighted by atomic mass is 9.65. The van der Waals surface area contributed by atoms with Crippen molar-refractivity contribution in [3.05, 3.63) is 0 Å². The minimum Gasteiger partial charge on any atom is -0.481 e. The van der Waals surface area contributed by atoms with E-state index in [1.54, 1.807) is 0 Å². The quantitative estimate of drug-likeness (QED) is 0.673. The van der Waals surface area contributed by atoms with Crippen LogP contribution >= 0.6 is 0 Å². The van der Waals surface area contributed by atoms with Crippen LogP contribution < -0.4 is 0 Å². The Hall–Kier alpha value is -0.570. The van der Waals surface area contributed by atoms with Crippen molar-refractivity contribution in [2.45, 2.75) is 46.1 Å². The van der Waals surface area contributed by atoms with E-state index in [9.17, 15) is 15.0 Å². The summed E-state index contributed by atoms with van der Waals surface area (Å²) in [6.07, 6.45) is 1.50. The molecule has 80 valence electrons. The first kappa shape index (κ1) is 9.97. The Kier molecular flexibility index (Phi) is 1.65. The molecule has 0 aliphatic heterocycles. The third-order valence-electron chi connectivity index (χ3n) is 5.38. The minimum atomic E-state index is -0.734. The molecule has 2 aliphatic rings. The minimum absolute atomic E-state index is 0.217. The Morgan fingerprint density at radius 1 is 1.29 bits per heavy atom. The standard InChI is InChI=1S/C11H18O3/c1-9(2)10(3)4-5-11(9,8(13)14)6-7(10)12/h7,12H,4-6H2,1-3H3,(H,13,14)/t7-,10+,11+/m0/s1. The molecular weight excluding hydrogens is 180 g/mol. The highest BCUT2D eigenvalue weighted by molar-refractivity contribution is 5.77. The van der Waals surface area contributed by atoms with Gasteiger partial charge in [-0.2, -0.15) is 0 Å². The van der Waals surface area contributed by atoms with Crippen molar-refractivity contribution in [3.8, 4) is 0 Å². The molecule has 2 bridgehead atoms. The molecule has 2 aliphatic carbocycles. The lowest BCUT2D eigenvalue weighted by Gasteiger charge is -2.38. The highest BCUT2D eigenvalue weighted by Gasteiger charge is 2.72. The Morgan fingerprint density at radius 3 is 2.07 bits per heavy atom. The number of aliphatic hydroxyl groups excluding tert-OH is 1. The fourth-order valence-corrected chi connectivity index (χ4v) is 3.60. The van der Waals surface area contributed by atoms with Gasteiger partial charge in [-0.15, -0.1) is 0 Å². The molecule has 0 heterocycles. The number of rotatable bonds is 1. The Labute approximate surface area is 84.1 Å². The number of aliphatic carboxylic acids is 1. The molecule has 3 nitrogen and oxygen atoms in total. The Morgan fingerprint density at radius 2 is 1.86 bits per heavy atom. The maximum Gasteiger partial charge on any atom is 0.310 e. The Bertz CT molecular complexity index is 297. The number of carboxylic acids is 1. The fourth-order valence-electron chi connectivity index (χ4n) is 3.60. The van der Waals surface area contributed by atoms with Crippen molar-refractivity contribution in [2.75, 3.05) is 0 Å². The van der Waals surface area contributed by atoms with E-state index >= 15 is 0 Å². The van der Waals surface area contributed by atoms with Gasteiger partial charge >= 0.3 is 5.97 Å². The first-order valence-corrected chi connectivity index (χ1v) is 5.19.